The fraction of sp³-hybridized carbons (Fsp3) is 0.150. The van der Waals surface area contributed by atoms with Crippen LogP contribution in [0.3, 0.4) is 0 Å². The van der Waals surface area contributed by atoms with Crippen LogP contribution in [0.15, 0.2) is 62.0 Å². The molecule has 0 amide bonds. The van der Waals surface area contributed by atoms with E-state index in [0.717, 1.165) is 0 Å². The Hall–Kier alpha value is -3.12. The maximum absolute atomic E-state index is 8.45. The third kappa shape index (κ3) is 4.35. The van der Waals surface area contributed by atoms with Crippen LogP contribution in [0, 0.1) is 10.8 Å². The van der Waals surface area contributed by atoms with Gasteiger partial charge in [-0.05, 0) is 31.2 Å². The highest BCUT2D eigenvalue weighted by Gasteiger charge is 2.16. The zero-order chi connectivity index (χ0) is 20.0. The highest BCUT2D eigenvalue weighted by atomic mass is 35.5. The number of pyridine rings is 2. The number of allylic oxidation sites excluding steroid dienone is 2. The van der Waals surface area contributed by atoms with Crippen LogP contribution in [0.25, 0.3) is 11.2 Å². The second kappa shape index (κ2) is 9.00. The minimum Gasteiger partial charge on any atom is -0.284 e. The van der Waals surface area contributed by atoms with E-state index in [2.05, 4.69) is 28.1 Å². The summed E-state index contributed by atoms with van der Waals surface area (Å²) in [5.41, 5.74) is 2.20. The van der Waals surface area contributed by atoms with Crippen LogP contribution in [-0.2, 0) is 0 Å². The van der Waals surface area contributed by atoms with E-state index in [1.807, 2.05) is 13.8 Å². The molecule has 3 aromatic rings. The fourth-order valence-electron chi connectivity index (χ4n) is 2.31. The van der Waals surface area contributed by atoms with Gasteiger partial charge in [-0.15, -0.1) is 13.2 Å². The molecule has 0 aliphatic rings. The SMILES string of the molecule is C=CC.C=CC(C)c1nc2c(ccc(=N)n2C(=N)c2cccnc2)nc1Cl. The van der Waals surface area contributed by atoms with Crippen LogP contribution < -0.4 is 5.49 Å². The molecule has 7 heteroatoms. The Kier molecular flexibility index (Phi) is 6.73. The summed E-state index contributed by atoms with van der Waals surface area (Å²) in [4.78, 5) is 13.0. The maximum Gasteiger partial charge on any atom is 0.166 e. The molecule has 6 nitrogen and oxygen atoms in total. The van der Waals surface area contributed by atoms with Gasteiger partial charge < -0.3 is 0 Å². The first kappa shape index (κ1) is 20.2. The summed E-state index contributed by atoms with van der Waals surface area (Å²) in [6.45, 7) is 10.9. The van der Waals surface area contributed by atoms with Crippen LogP contribution in [0.5, 0.6) is 0 Å². The van der Waals surface area contributed by atoms with Crippen molar-refractivity contribution in [2.24, 2.45) is 0 Å². The molecule has 0 bridgehead atoms. The average Bonchev–Trinajstić information content (AvgIpc) is 2.68. The third-order valence-corrected chi connectivity index (χ3v) is 3.96. The van der Waals surface area contributed by atoms with E-state index in [0.29, 0.717) is 27.6 Å². The molecule has 0 aromatic carbocycles. The van der Waals surface area contributed by atoms with Crippen molar-refractivity contribution < 1.29 is 0 Å². The zero-order valence-corrected chi connectivity index (χ0v) is 16.0. The maximum atomic E-state index is 8.45. The van der Waals surface area contributed by atoms with E-state index in [4.69, 9.17) is 22.4 Å². The van der Waals surface area contributed by atoms with Crippen molar-refractivity contribution in [1.29, 1.82) is 10.8 Å². The topological polar surface area (TPSA) is 91.3 Å². The van der Waals surface area contributed by atoms with Gasteiger partial charge in [-0.2, -0.15) is 0 Å². The lowest BCUT2D eigenvalue weighted by Gasteiger charge is -2.14. The summed E-state index contributed by atoms with van der Waals surface area (Å²) in [6.07, 6.45) is 6.68. The molecule has 1 atom stereocenters. The van der Waals surface area contributed by atoms with Crippen molar-refractivity contribution >= 4 is 28.6 Å². The first-order valence-electron chi connectivity index (χ1n) is 8.27. The number of hydrogen-bond acceptors (Lipinski definition) is 5. The molecule has 1 unspecified atom stereocenters. The van der Waals surface area contributed by atoms with E-state index in [9.17, 15) is 0 Å². The van der Waals surface area contributed by atoms with Gasteiger partial charge in [-0.3, -0.25) is 20.4 Å². The Morgan fingerprint density at radius 1 is 1.26 bits per heavy atom. The predicted octanol–water partition coefficient (Wildman–Crippen LogP) is 4.31. The molecule has 0 fully saturated rings. The van der Waals surface area contributed by atoms with Gasteiger partial charge in [-0.25, -0.2) is 9.97 Å². The van der Waals surface area contributed by atoms with Crippen LogP contribution >= 0.6 is 11.6 Å². The predicted molar refractivity (Wildman–Crippen MR) is 109 cm³/mol. The molecule has 0 radical (unpaired) electrons. The monoisotopic (exact) mass is 380 g/mol. The largest absolute Gasteiger partial charge is 0.284 e. The standard InChI is InChI=1S/C17H15ClN6.C3H6/c1-3-10(2)14-15(18)22-12-6-7-13(19)24(17(12)23-14)16(20)11-5-4-8-21-9-11;1-3-2/h3-10,19-20H,1H2,2H3;3H,1H2,2H3. The van der Waals surface area contributed by atoms with E-state index >= 15 is 0 Å². The smallest absolute Gasteiger partial charge is 0.166 e. The summed E-state index contributed by atoms with van der Waals surface area (Å²) < 4.78 is 1.43. The lowest BCUT2D eigenvalue weighted by atomic mass is 10.1. The minimum absolute atomic E-state index is 0.0928. The van der Waals surface area contributed by atoms with Gasteiger partial charge in [0.05, 0.1) is 5.69 Å². The second-order valence-corrected chi connectivity index (χ2v) is 6.04. The summed E-state index contributed by atoms with van der Waals surface area (Å²) in [5.74, 6) is 0.0114. The number of nitrogens with zero attached hydrogens (tertiary/aromatic N) is 4. The van der Waals surface area contributed by atoms with E-state index in [-0.39, 0.29) is 17.2 Å². The zero-order valence-electron chi connectivity index (χ0n) is 15.3. The molecular weight excluding hydrogens is 360 g/mol. The second-order valence-electron chi connectivity index (χ2n) is 5.69. The molecule has 0 saturated heterocycles. The van der Waals surface area contributed by atoms with Gasteiger partial charge in [0.15, 0.2) is 10.8 Å². The van der Waals surface area contributed by atoms with Gasteiger partial charge in [0.1, 0.15) is 16.8 Å². The highest BCUT2D eigenvalue weighted by molar-refractivity contribution is 6.30. The van der Waals surface area contributed by atoms with E-state index < -0.39 is 0 Å². The molecule has 2 N–H and O–H groups in total. The van der Waals surface area contributed by atoms with Crippen LogP contribution in [-0.4, -0.2) is 25.4 Å². The minimum atomic E-state index is -0.0928. The van der Waals surface area contributed by atoms with Gasteiger partial charge >= 0.3 is 0 Å². The highest BCUT2D eigenvalue weighted by Crippen LogP contribution is 2.24. The molecule has 3 aromatic heterocycles. The summed E-state index contributed by atoms with van der Waals surface area (Å²) in [6, 6.07) is 6.74. The lowest BCUT2D eigenvalue weighted by Crippen LogP contribution is -2.28. The Morgan fingerprint density at radius 2 is 1.96 bits per heavy atom. The van der Waals surface area contributed by atoms with Gasteiger partial charge in [-0.1, -0.05) is 30.7 Å². The van der Waals surface area contributed by atoms with Crippen molar-refractivity contribution in [2.75, 3.05) is 0 Å². The van der Waals surface area contributed by atoms with E-state index in [1.165, 1.54) is 4.57 Å². The molecule has 3 rings (SSSR count). The van der Waals surface area contributed by atoms with Crippen molar-refractivity contribution in [3.8, 4) is 0 Å². The van der Waals surface area contributed by atoms with E-state index in [1.54, 1.807) is 48.8 Å². The third-order valence-electron chi connectivity index (χ3n) is 3.68. The normalized spacial score (nSPS) is 11.2. The number of halogens is 1. The first-order valence-corrected chi connectivity index (χ1v) is 8.65. The first-order chi connectivity index (χ1) is 12.9. The Morgan fingerprint density at radius 3 is 2.56 bits per heavy atom. The molecule has 0 spiro atoms. The quantitative estimate of drug-likeness (QED) is 0.402. The van der Waals surface area contributed by atoms with Crippen LogP contribution in [0.2, 0.25) is 5.15 Å². The average molecular weight is 381 g/mol. The number of fused-ring (bicyclic) bond motifs is 1. The lowest BCUT2D eigenvalue weighted by molar-refractivity contribution is 0.887. The summed E-state index contributed by atoms with van der Waals surface area (Å²) in [7, 11) is 0. The Balaban J connectivity index is 0.000000817. The number of rotatable bonds is 3. The molecule has 27 heavy (non-hydrogen) atoms. The molecule has 0 saturated carbocycles. The van der Waals surface area contributed by atoms with Crippen molar-refractivity contribution in [1.82, 2.24) is 19.5 Å². The molecular formula is C20H21ClN6. The molecule has 0 aliphatic heterocycles. The Labute approximate surface area is 162 Å². The molecule has 0 aliphatic carbocycles. The number of nitrogens with one attached hydrogen (secondary N) is 2. The van der Waals surface area contributed by atoms with Crippen molar-refractivity contribution in [3.63, 3.8) is 0 Å². The van der Waals surface area contributed by atoms with Gasteiger partial charge in [0.25, 0.3) is 0 Å². The molecule has 3 heterocycles. The number of aromatic nitrogens is 4. The summed E-state index contributed by atoms with van der Waals surface area (Å²) >= 11 is 6.22. The van der Waals surface area contributed by atoms with Gasteiger partial charge in [0, 0.05) is 23.9 Å². The molecule has 138 valence electrons. The van der Waals surface area contributed by atoms with Crippen LogP contribution in [0.4, 0.5) is 0 Å². The Bertz CT molecular complexity index is 1040. The summed E-state index contributed by atoms with van der Waals surface area (Å²) in [5, 5.41) is 16.9. The number of hydrogen-bond donors (Lipinski definition) is 2. The fourth-order valence-corrected chi connectivity index (χ4v) is 2.62. The van der Waals surface area contributed by atoms with Crippen molar-refractivity contribution in [2.45, 2.75) is 19.8 Å². The van der Waals surface area contributed by atoms with Crippen molar-refractivity contribution in [3.05, 3.63) is 83.9 Å². The van der Waals surface area contributed by atoms with Gasteiger partial charge in [0.2, 0.25) is 0 Å². The van der Waals surface area contributed by atoms with Crippen LogP contribution in [0.1, 0.15) is 31.0 Å².